The second-order valence-corrected chi connectivity index (χ2v) is 11.4. The van der Waals surface area contributed by atoms with Crippen LogP contribution in [0.1, 0.15) is 29.8 Å². The molecule has 0 aliphatic carbocycles. The molecule has 1 aliphatic rings. The minimum absolute atomic E-state index is 0.312. The molecule has 0 saturated carbocycles. The molecule has 0 atom stereocenters. The first-order valence-corrected chi connectivity index (χ1v) is 13.8. The predicted molar refractivity (Wildman–Crippen MR) is 138 cm³/mol. The number of hydrogen-bond donors (Lipinski definition) is 1. The second-order valence-electron chi connectivity index (χ2n) is 8.95. The molecule has 1 fully saturated rings. The summed E-state index contributed by atoms with van der Waals surface area (Å²) in [5.74, 6) is 1.17. The number of piperidine rings is 1. The average Bonchev–Trinajstić information content (AvgIpc) is 3.33. The van der Waals surface area contributed by atoms with E-state index in [0.717, 1.165) is 54.1 Å². The van der Waals surface area contributed by atoms with Gasteiger partial charge in [0.05, 0.1) is 4.90 Å². The maximum atomic E-state index is 12.8. The molecule has 1 aliphatic heterocycles. The Morgan fingerprint density at radius 3 is 2.50 bits per heavy atom. The number of nitrogens with zero attached hydrogens (tertiary/aromatic N) is 3. The lowest BCUT2D eigenvalue weighted by Crippen LogP contribution is -2.38. The van der Waals surface area contributed by atoms with Crippen molar-refractivity contribution in [3.63, 3.8) is 0 Å². The zero-order chi connectivity index (χ0) is 23.5. The topological polar surface area (TPSA) is 75.2 Å². The van der Waals surface area contributed by atoms with E-state index in [2.05, 4.69) is 45.2 Å². The van der Waals surface area contributed by atoms with Crippen molar-refractivity contribution in [2.24, 2.45) is 5.92 Å². The third-order valence-corrected chi connectivity index (χ3v) is 8.65. The highest BCUT2D eigenvalue weighted by atomic mass is 32.2. The van der Waals surface area contributed by atoms with Gasteiger partial charge in [-0.15, -0.1) is 0 Å². The van der Waals surface area contributed by atoms with Gasteiger partial charge in [-0.2, -0.15) is 4.37 Å². The van der Waals surface area contributed by atoms with Gasteiger partial charge in [-0.05, 0) is 54.2 Å². The molecular weight excluding hydrogens is 464 g/mol. The van der Waals surface area contributed by atoms with Gasteiger partial charge < -0.3 is 4.90 Å². The van der Waals surface area contributed by atoms with Gasteiger partial charge in [0.1, 0.15) is 5.82 Å². The van der Waals surface area contributed by atoms with E-state index in [1.165, 1.54) is 22.7 Å². The van der Waals surface area contributed by atoms with Gasteiger partial charge in [0, 0.05) is 37.6 Å². The van der Waals surface area contributed by atoms with Crippen molar-refractivity contribution in [2.75, 3.05) is 24.5 Å². The molecule has 0 radical (unpaired) electrons. The minimum Gasteiger partial charge on any atom is -0.347 e. The monoisotopic (exact) mass is 492 g/mol. The van der Waals surface area contributed by atoms with Crippen LogP contribution >= 0.6 is 11.5 Å². The maximum absolute atomic E-state index is 12.8. The Morgan fingerprint density at radius 1 is 1.00 bits per heavy atom. The van der Waals surface area contributed by atoms with Crippen molar-refractivity contribution >= 4 is 37.5 Å². The largest absolute Gasteiger partial charge is 0.347 e. The molecular formula is C26H28N4O2S2. The van der Waals surface area contributed by atoms with E-state index < -0.39 is 10.0 Å². The van der Waals surface area contributed by atoms with Crippen LogP contribution in [0.2, 0.25) is 0 Å². The van der Waals surface area contributed by atoms with E-state index in [1.807, 2.05) is 30.3 Å². The first-order chi connectivity index (χ1) is 16.5. The first kappa shape index (κ1) is 23.0. The van der Waals surface area contributed by atoms with Crippen LogP contribution in [0.4, 0.5) is 5.13 Å². The normalized spacial score (nSPS) is 15.1. The lowest BCUT2D eigenvalue weighted by molar-refractivity contribution is 0.401. The van der Waals surface area contributed by atoms with E-state index in [1.54, 1.807) is 12.1 Å². The number of aromatic nitrogens is 2. The van der Waals surface area contributed by atoms with Gasteiger partial charge in [0.25, 0.3) is 0 Å². The van der Waals surface area contributed by atoms with Crippen LogP contribution in [0, 0.1) is 12.8 Å². The average molecular weight is 493 g/mol. The van der Waals surface area contributed by atoms with Crippen LogP contribution in [0.15, 0.2) is 71.6 Å². The lowest BCUT2D eigenvalue weighted by Gasteiger charge is -2.31. The number of hydrogen-bond acceptors (Lipinski definition) is 6. The van der Waals surface area contributed by atoms with Crippen LogP contribution in [0.3, 0.4) is 0 Å². The Labute approximate surface area is 204 Å². The van der Waals surface area contributed by atoms with Crippen molar-refractivity contribution in [1.29, 1.82) is 0 Å². The summed E-state index contributed by atoms with van der Waals surface area (Å²) < 4.78 is 33.1. The lowest BCUT2D eigenvalue weighted by atomic mass is 9.97. The summed E-state index contributed by atoms with van der Waals surface area (Å²) in [6.45, 7) is 4.27. The molecule has 0 unspecified atom stereocenters. The molecule has 0 spiro atoms. The van der Waals surface area contributed by atoms with Crippen molar-refractivity contribution in [1.82, 2.24) is 14.1 Å². The SMILES string of the molecule is Cc1ccc(Cc2nsc(N3CCC(CNS(=O)(=O)c4ccc5ccccc5c4)CC3)n2)cc1. The second kappa shape index (κ2) is 9.82. The van der Waals surface area contributed by atoms with Crippen molar-refractivity contribution in [3.05, 3.63) is 83.7 Å². The number of aryl methyl sites for hydroxylation is 1. The van der Waals surface area contributed by atoms with Crippen molar-refractivity contribution in [2.45, 2.75) is 31.1 Å². The summed E-state index contributed by atoms with van der Waals surface area (Å²) >= 11 is 1.45. The van der Waals surface area contributed by atoms with Crippen molar-refractivity contribution < 1.29 is 8.42 Å². The van der Waals surface area contributed by atoms with Crippen LogP contribution in [-0.2, 0) is 16.4 Å². The summed E-state index contributed by atoms with van der Waals surface area (Å²) in [6, 6.07) is 21.5. The molecule has 1 N–H and O–H groups in total. The quantitative estimate of drug-likeness (QED) is 0.402. The van der Waals surface area contributed by atoms with Crippen LogP contribution < -0.4 is 9.62 Å². The van der Waals surface area contributed by atoms with Gasteiger partial charge in [-0.1, -0.05) is 60.2 Å². The molecule has 5 rings (SSSR count). The first-order valence-electron chi connectivity index (χ1n) is 11.6. The molecule has 3 aromatic carbocycles. The number of sulfonamides is 1. The van der Waals surface area contributed by atoms with E-state index in [4.69, 9.17) is 4.98 Å². The zero-order valence-electron chi connectivity index (χ0n) is 19.1. The summed E-state index contributed by atoms with van der Waals surface area (Å²) in [7, 11) is -3.53. The number of rotatable bonds is 7. The Kier molecular flexibility index (Phi) is 6.63. The van der Waals surface area contributed by atoms with Gasteiger partial charge in [-0.3, -0.25) is 0 Å². The third kappa shape index (κ3) is 5.29. The predicted octanol–water partition coefficient (Wildman–Crippen LogP) is 4.79. The molecule has 4 aromatic rings. The molecule has 1 saturated heterocycles. The number of fused-ring (bicyclic) bond motifs is 1. The zero-order valence-corrected chi connectivity index (χ0v) is 20.8. The van der Waals surface area contributed by atoms with E-state index in [-0.39, 0.29) is 0 Å². The smallest absolute Gasteiger partial charge is 0.240 e. The standard InChI is InChI=1S/C26H28N4O2S2/c1-19-6-8-20(9-7-19)16-25-28-26(33-29-25)30-14-12-21(13-15-30)18-27-34(31,32)24-11-10-22-4-2-3-5-23(22)17-24/h2-11,17,21,27H,12-16,18H2,1H3. The number of nitrogens with one attached hydrogen (secondary N) is 1. The highest BCUT2D eigenvalue weighted by Gasteiger charge is 2.24. The Morgan fingerprint density at radius 2 is 1.74 bits per heavy atom. The third-order valence-electron chi connectivity index (χ3n) is 6.42. The molecule has 6 nitrogen and oxygen atoms in total. The fourth-order valence-electron chi connectivity index (χ4n) is 4.31. The summed E-state index contributed by atoms with van der Waals surface area (Å²) in [5, 5.41) is 2.92. The van der Waals surface area contributed by atoms with Crippen LogP contribution in [0.25, 0.3) is 10.8 Å². The Balaban J connectivity index is 1.14. The van der Waals surface area contributed by atoms with E-state index in [0.29, 0.717) is 17.4 Å². The van der Waals surface area contributed by atoms with Crippen molar-refractivity contribution in [3.8, 4) is 0 Å². The van der Waals surface area contributed by atoms with E-state index >= 15 is 0 Å². The molecule has 176 valence electrons. The summed E-state index contributed by atoms with van der Waals surface area (Å²) in [6.07, 6.45) is 2.59. The number of benzene rings is 3. The van der Waals surface area contributed by atoms with Crippen LogP contribution in [-0.4, -0.2) is 37.4 Å². The molecule has 0 bridgehead atoms. The highest BCUT2D eigenvalue weighted by Crippen LogP contribution is 2.26. The summed E-state index contributed by atoms with van der Waals surface area (Å²) in [5.41, 5.74) is 2.46. The fraction of sp³-hybridized carbons (Fsp3) is 0.308. The Bertz CT molecular complexity index is 1380. The van der Waals surface area contributed by atoms with Gasteiger partial charge in [-0.25, -0.2) is 18.1 Å². The molecule has 0 amide bonds. The maximum Gasteiger partial charge on any atom is 0.240 e. The van der Waals surface area contributed by atoms with E-state index in [9.17, 15) is 8.42 Å². The highest BCUT2D eigenvalue weighted by molar-refractivity contribution is 7.89. The molecule has 34 heavy (non-hydrogen) atoms. The van der Waals surface area contributed by atoms with Gasteiger partial charge >= 0.3 is 0 Å². The fourth-order valence-corrected chi connectivity index (χ4v) is 6.20. The molecule has 2 heterocycles. The molecule has 1 aromatic heterocycles. The van der Waals surface area contributed by atoms with Gasteiger partial charge in [0.15, 0.2) is 0 Å². The Hall–Kier alpha value is -2.81. The summed E-state index contributed by atoms with van der Waals surface area (Å²) in [4.78, 5) is 7.33. The number of anilines is 1. The minimum atomic E-state index is -3.53. The van der Waals surface area contributed by atoms with Gasteiger partial charge in [0.2, 0.25) is 15.2 Å². The molecule has 8 heteroatoms. The van der Waals surface area contributed by atoms with Crippen LogP contribution in [0.5, 0.6) is 0 Å².